The third kappa shape index (κ3) is 6.90. The van der Waals surface area contributed by atoms with Crippen molar-refractivity contribution in [1.82, 2.24) is 10.2 Å². The summed E-state index contributed by atoms with van der Waals surface area (Å²) < 4.78 is 33.6. The number of anilines is 1. The smallest absolute Gasteiger partial charge is 0.407 e. The number of halogens is 2. The quantitative estimate of drug-likeness (QED) is 0.409. The number of rotatable bonds is 8. The number of nitrogens with zero attached hydrogens (tertiary/aromatic N) is 3. The van der Waals surface area contributed by atoms with Crippen molar-refractivity contribution in [2.45, 2.75) is 44.8 Å². The zero-order valence-electron chi connectivity index (χ0n) is 20.2. The molecule has 0 unspecified atom stereocenters. The molecule has 2 aromatic carbocycles. The molecule has 10 heteroatoms. The van der Waals surface area contributed by atoms with Gasteiger partial charge in [-0.25, -0.2) is 9.18 Å². The van der Waals surface area contributed by atoms with E-state index >= 15 is 0 Å². The molecule has 0 saturated carbocycles. The van der Waals surface area contributed by atoms with E-state index in [1.807, 2.05) is 30.3 Å². The van der Waals surface area contributed by atoms with Gasteiger partial charge in [0.25, 0.3) is 0 Å². The Morgan fingerprint density at radius 2 is 1.72 bits per heavy atom. The molecule has 2 aliphatic heterocycles. The lowest BCUT2D eigenvalue weighted by Gasteiger charge is -2.36. The molecule has 2 heterocycles. The van der Waals surface area contributed by atoms with E-state index in [-0.39, 0.29) is 24.4 Å². The van der Waals surface area contributed by atoms with Crippen LogP contribution >= 0.6 is 0 Å². The first-order valence-corrected chi connectivity index (χ1v) is 12.5. The van der Waals surface area contributed by atoms with Crippen molar-refractivity contribution in [1.29, 1.82) is 0 Å². The molecule has 2 aliphatic rings. The number of nitro benzene ring substituents is 1. The summed E-state index contributed by atoms with van der Waals surface area (Å²) in [5.41, 5.74) is 0.209. The number of nitrogens with one attached hydrogen (secondary N) is 1. The fourth-order valence-electron chi connectivity index (χ4n) is 4.97. The van der Waals surface area contributed by atoms with Gasteiger partial charge in [0.05, 0.1) is 16.7 Å². The Hall–Kier alpha value is -3.27. The molecular weight excluding hydrogens is 470 g/mol. The van der Waals surface area contributed by atoms with Gasteiger partial charge in [0, 0.05) is 38.3 Å². The summed E-state index contributed by atoms with van der Waals surface area (Å²) in [6.45, 7) is 4.24. The van der Waals surface area contributed by atoms with Crippen molar-refractivity contribution >= 4 is 17.5 Å². The molecule has 1 amide bonds. The van der Waals surface area contributed by atoms with Crippen molar-refractivity contribution in [2.24, 2.45) is 5.92 Å². The lowest BCUT2D eigenvalue weighted by Crippen LogP contribution is -2.45. The van der Waals surface area contributed by atoms with E-state index < -0.39 is 22.2 Å². The maximum absolute atomic E-state index is 14.3. The molecule has 2 fully saturated rings. The topological polar surface area (TPSA) is 88.0 Å². The fraction of sp³-hybridized carbons (Fsp3) is 0.500. The Kier molecular flexibility index (Phi) is 8.69. The summed E-state index contributed by atoms with van der Waals surface area (Å²) in [5.74, 6) is -1.28. The minimum Gasteiger partial charge on any atom is -0.445 e. The van der Waals surface area contributed by atoms with Crippen molar-refractivity contribution in [3.05, 3.63) is 69.8 Å². The van der Waals surface area contributed by atoms with Crippen LogP contribution in [-0.4, -0.2) is 54.7 Å². The standard InChI is InChI=1S/C26H32F2N4O4/c27-22-17-25(32(34)35)23(28)16-24(22)31-14-7-19(8-15-31)6-11-30-12-9-21(10-13-30)29-26(33)36-18-20-4-2-1-3-5-20/h1-5,16-17,19,21H,6-15,18H2,(H,29,33). The van der Waals surface area contributed by atoms with E-state index in [1.54, 1.807) is 4.90 Å². The van der Waals surface area contributed by atoms with Gasteiger partial charge in [-0.1, -0.05) is 30.3 Å². The van der Waals surface area contributed by atoms with E-state index in [1.165, 1.54) is 0 Å². The average molecular weight is 503 g/mol. The number of hydrogen-bond acceptors (Lipinski definition) is 6. The highest BCUT2D eigenvalue weighted by Gasteiger charge is 2.26. The zero-order valence-corrected chi connectivity index (χ0v) is 20.2. The number of carbonyl (C=O) groups excluding carboxylic acids is 1. The van der Waals surface area contributed by atoms with Gasteiger partial charge >= 0.3 is 11.8 Å². The molecule has 4 rings (SSSR count). The third-order valence-corrected chi connectivity index (χ3v) is 7.14. The van der Waals surface area contributed by atoms with Crippen LogP contribution in [-0.2, 0) is 11.3 Å². The molecule has 2 aromatic rings. The second kappa shape index (κ2) is 12.1. The highest BCUT2D eigenvalue weighted by Crippen LogP contribution is 2.31. The first-order valence-electron chi connectivity index (χ1n) is 12.5. The molecule has 0 radical (unpaired) electrons. The Morgan fingerprint density at radius 1 is 1.03 bits per heavy atom. The first kappa shape index (κ1) is 25.8. The van der Waals surface area contributed by atoms with Gasteiger partial charge < -0.3 is 19.9 Å². The van der Waals surface area contributed by atoms with Crippen molar-refractivity contribution in [2.75, 3.05) is 37.6 Å². The summed E-state index contributed by atoms with van der Waals surface area (Å²) >= 11 is 0. The van der Waals surface area contributed by atoms with E-state index in [9.17, 15) is 23.7 Å². The fourth-order valence-corrected chi connectivity index (χ4v) is 4.97. The van der Waals surface area contributed by atoms with Crippen LogP contribution in [0.25, 0.3) is 0 Å². The van der Waals surface area contributed by atoms with Crippen molar-refractivity contribution < 1.29 is 23.2 Å². The Morgan fingerprint density at radius 3 is 2.39 bits per heavy atom. The molecule has 0 aliphatic carbocycles. The van der Waals surface area contributed by atoms with Crippen LogP contribution in [0.3, 0.4) is 0 Å². The molecule has 194 valence electrons. The van der Waals surface area contributed by atoms with Crippen LogP contribution in [0.1, 0.15) is 37.7 Å². The molecule has 0 aromatic heterocycles. The van der Waals surface area contributed by atoms with Crippen LogP contribution in [0.2, 0.25) is 0 Å². The molecule has 1 N–H and O–H groups in total. The van der Waals surface area contributed by atoms with Crippen molar-refractivity contribution in [3.8, 4) is 0 Å². The molecule has 0 spiro atoms. The van der Waals surface area contributed by atoms with Gasteiger partial charge in [-0.2, -0.15) is 4.39 Å². The van der Waals surface area contributed by atoms with Gasteiger partial charge in [0.1, 0.15) is 6.61 Å². The van der Waals surface area contributed by atoms with E-state index in [0.717, 1.165) is 63.4 Å². The molecule has 36 heavy (non-hydrogen) atoms. The number of amides is 1. The number of piperidine rings is 2. The number of hydrogen-bond donors (Lipinski definition) is 1. The van der Waals surface area contributed by atoms with Gasteiger partial charge in [0.15, 0.2) is 5.82 Å². The second-order valence-corrected chi connectivity index (χ2v) is 9.55. The molecule has 2 saturated heterocycles. The summed E-state index contributed by atoms with van der Waals surface area (Å²) in [6.07, 6.45) is 4.14. The summed E-state index contributed by atoms with van der Waals surface area (Å²) in [7, 11) is 0. The normalized spacial score (nSPS) is 17.7. The Bertz CT molecular complexity index is 1040. The monoisotopic (exact) mass is 502 g/mol. The molecular formula is C26H32F2N4O4. The molecule has 0 bridgehead atoms. The number of carbonyl (C=O) groups is 1. The second-order valence-electron chi connectivity index (χ2n) is 9.55. The number of alkyl carbamates (subject to hydrolysis) is 1. The van der Waals surface area contributed by atoms with Crippen LogP contribution < -0.4 is 10.2 Å². The first-order chi connectivity index (χ1) is 17.4. The average Bonchev–Trinajstić information content (AvgIpc) is 2.89. The number of likely N-dealkylation sites (tertiary alicyclic amines) is 1. The lowest BCUT2D eigenvalue weighted by atomic mass is 9.92. The largest absolute Gasteiger partial charge is 0.445 e. The van der Waals surface area contributed by atoms with Gasteiger partial charge in [-0.15, -0.1) is 0 Å². The van der Waals surface area contributed by atoms with E-state index in [2.05, 4.69) is 10.2 Å². The molecule has 0 atom stereocenters. The van der Waals surface area contributed by atoms with Crippen LogP contribution in [0.15, 0.2) is 42.5 Å². The Labute approximate surface area is 209 Å². The lowest BCUT2D eigenvalue weighted by molar-refractivity contribution is -0.387. The Balaban J connectivity index is 1.13. The van der Waals surface area contributed by atoms with Gasteiger partial charge in [-0.05, 0) is 50.1 Å². The number of ether oxygens (including phenoxy) is 1. The van der Waals surface area contributed by atoms with Crippen molar-refractivity contribution in [3.63, 3.8) is 0 Å². The van der Waals surface area contributed by atoms with Crippen LogP contribution in [0.4, 0.5) is 25.0 Å². The number of nitro groups is 1. The van der Waals surface area contributed by atoms with Gasteiger partial charge in [0.2, 0.25) is 5.82 Å². The van der Waals surface area contributed by atoms with Gasteiger partial charge in [-0.3, -0.25) is 10.1 Å². The van der Waals surface area contributed by atoms with Crippen LogP contribution in [0.5, 0.6) is 0 Å². The summed E-state index contributed by atoms with van der Waals surface area (Å²) in [5, 5.41) is 13.8. The van der Waals surface area contributed by atoms with E-state index in [0.29, 0.717) is 25.1 Å². The summed E-state index contributed by atoms with van der Waals surface area (Å²) in [6, 6.07) is 11.3. The van der Waals surface area contributed by atoms with Crippen LogP contribution in [0, 0.1) is 27.7 Å². The predicted molar refractivity (Wildman–Crippen MR) is 132 cm³/mol. The SMILES string of the molecule is O=C(NC1CCN(CCC2CCN(c3cc(F)c([N+](=O)[O-])cc3F)CC2)CC1)OCc1ccccc1. The minimum atomic E-state index is -1.01. The molecule has 8 nitrogen and oxygen atoms in total. The minimum absolute atomic E-state index is 0.0911. The zero-order chi connectivity index (χ0) is 25.5. The van der Waals surface area contributed by atoms with E-state index in [4.69, 9.17) is 4.74 Å². The highest BCUT2D eigenvalue weighted by atomic mass is 19.1. The maximum Gasteiger partial charge on any atom is 0.407 e. The summed E-state index contributed by atoms with van der Waals surface area (Å²) in [4.78, 5) is 26.2. The predicted octanol–water partition coefficient (Wildman–Crippen LogP) is 4.87. The third-order valence-electron chi connectivity index (χ3n) is 7.14. The highest BCUT2D eigenvalue weighted by molar-refractivity contribution is 5.67. The number of benzene rings is 2. The maximum atomic E-state index is 14.3.